The van der Waals surface area contributed by atoms with E-state index in [4.69, 9.17) is 17.3 Å². The number of hydrogen-bond acceptors (Lipinski definition) is 3. The van der Waals surface area contributed by atoms with Crippen LogP contribution in [0.5, 0.6) is 0 Å². The van der Waals surface area contributed by atoms with E-state index in [0.717, 1.165) is 17.9 Å². The molecule has 0 atom stereocenters. The molecule has 0 aliphatic carbocycles. The number of halogens is 1. The maximum atomic E-state index is 11.5. The van der Waals surface area contributed by atoms with Crippen LogP contribution in [0.25, 0.3) is 0 Å². The van der Waals surface area contributed by atoms with Crippen LogP contribution in [0, 0.1) is 0 Å². The van der Waals surface area contributed by atoms with Gasteiger partial charge in [-0.2, -0.15) is 11.8 Å². The van der Waals surface area contributed by atoms with Crippen molar-refractivity contribution in [2.24, 2.45) is 5.73 Å². The van der Waals surface area contributed by atoms with E-state index in [1.165, 1.54) is 0 Å². The number of carbonyl (C=O) groups excluding carboxylic acids is 1. The van der Waals surface area contributed by atoms with Gasteiger partial charge in [0.2, 0.25) is 5.91 Å². The highest BCUT2D eigenvalue weighted by Gasteiger charge is 2.02. The van der Waals surface area contributed by atoms with Crippen molar-refractivity contribution in [3.8, 4) is 0 Å². The Balaban J connectivity index is 2.29. The molecule has 5 heteroatoms. The van der Waals surface area contributed by atoms with Crippen LogP contribution in [0.1, 0.15) is 6.42 Å². The van der Waals surface area contributed by atoms with E-state index in [0.29, 0.717) is 17.3 Å². The van der Waals surface area contributed by atoms with Crippen LogP contribution >= 0.6 is 23.4 Å². The summed E-state index contributed by atoms with van der Waals surface area (Å²) in [5, 5.41) is 3.40. The van der Waals surface area contributed by atoms with Gasteiger partial charge in [-0.3, -0.25) is 4.79 Å². The van der Waals surface area contributed by atoms with E-state index < -0.39 is 0 Å². The third-order valence-corrected chi connectivity index (χ3v) is 3.11. The number of rotatable bonds is 6. The number of nitrogens with two attached hydrogens (primary N) is 1. The first-order chi connectivity index (χ1) is 7.72. The zero-order valence-electron chi connectivity index (χ0n) is 8.91. The number of hydrogen-bond donors (Lipinski definition) is 2. The summed E-state index contributed by atoms with van der Waals surface area (Å²) in [5.74, 6) is 1.36. The van der Waals surface area contributed by atoms with Gasteiger partial charge in [-0.1, -0.05) is 17.7 Å². The van der Waals surface area contributed by atoms with Crippen molar-refractivity contribution >= 4 is 35.0 Å². The number of carbonyl (C=O) groups is 1. The van der Waals surface area contributed by atoms with Crippen molar-refractivity contribution < 1.29 is 4.79 Å². The summed E-state index contributed by atoms with van der Waals surface area (Å²) in [6.45, 7) is 0.670. The third kappa shape index (κ3) is 5.39. The van der Waals surface area contributed by atoms with E-state index in [-0.39, 0.29) is 5.91 Å². The third-order valence-electron chi connectivity index (χ3n) is 1.83. The highest BCUT2D eigenvalue weighted by molar-refractivity contribution is 7.99. The monoisotopic (exact) mass is 258 g/mol. The van der Waals surface area contributed by atoms with E-state index in [1.807, 2.05) is 6.07 Å². The molecule has 0 heterocycles. The Kier molecular flexibility index (Phi) is 6.30. The molecular formula is C11H15ClN2OS. The van der Waals surface area contributed by atoms with Crippen LogP contribution in [-0.4, -0.2) is 24.0 Å². The lowest BCUT2D eigenvalue weighted by molar-refractivity contribution is -0.113. The molecule has 1 aromatic carbocycles. The largest absolute Gasteiger partial charge is 0.330 e. The average Bonchev–Trinajstić information content (AvgIpc) is 2.24. The van der Waals surface area contributed by atoms with Crippen molar-refractivity contribution in [1.29, 1.82) is 0 Å². The molecule has 0 radical (unpaired) electrons. The van der Waals surface area contributed by atoms with Crippen molar-refractivity contribution in [3.63, 3.8) is 0 Å². The molecule has 0 aliphatic heterocycles. The molecule has 88 valence electrons. The second-order valence-corrected chi connectivity index (χ2v) is 4.79. The highest BCUT2D eigenvalue weighted by atomic mass is 35.5. The van der Waals surface area contributed by atoms with E-state index in [9.17, 15) is 4.79 Å². The Morgan fingerprint density at radius 3 is 3.00 bits per heavy atom. The fourth-order valence-corrected chi connectivity index (χ4v) is 2.08. The quantitative estimate of drug-likeness (QED) is 0.771. The summed E-state index contributed by atoms with van der Waals surface area (Å²) in [4.78, 5) is 11.5. The van der Waals surface area contributed by atoms with E-state index in [2.05, 4.69) is 5.32 Å². The van der Waals surface area contributed by atoms with Gasteiger partial charge in [-0.25, -0.2) is 0 Å². The lowest BCUT2D eigenvalue weighted by Gasteiger charge is -2.05. The molecule has 0 aromatic heterocycles. The van der Waals surface area contributed by atoms with Gasteiger partial charge in [0.05, 0.1) is 5.75 Å². The summed E-state index contributed by atoms with van der Waals surface area (Å²) in [5.41, 5.74) is 6.09. The molecule has 0 saturated carbocycles. The average molecular weight is 259 g/mol. The maximum absolute atomic E-state index is 11.5. The molecule has 3 N–H and O–H groups in total. The van der Waals surface area contributed by atoms with Crippen LogP contribution in [-0.2, 0) is 4.79 Å². The van der Waals surface area contributed by atoms with Crippen LogP contribution in [0.2, 0.25) is 5.02 Å². The normalized spacial score (nSPS) is 10.1. The predicted molar refractivity (Wildman–Crippen MR) is 71.1 cm³/mol. The van der Waals surface area contributed by atoms with Gasteiger partial charge >= 0.3 is 0 Å². The minimum Gasteiger partial charge on any atom is -0.330 e. The number of nitrogens with one attached hydrogen (secondary N) is 1. The van der Waals surface area contributed by atoms with Gasteiger partial charge in [-0.05, 0) is 36.9 Å². The first-order valence-corrected chi connectivity index (χ1v) is 6.59. The topological polar surface area (TPSA) is 55.1 Å². The first-order valence-electron chi connectivity index (χ1n) is 5.05. The zero-order chi connectivity index (χ0) is 11.8. The fourth-order valence-electron chi connectivity index (χ4n) is 1.11. The van der Waals surface area contributed by atoms with Crippen molar-refractivity contribution in [3.05, 3.63) is 29.3 Å². The van der Waals surface area contributed by atoms with Gasteiger partial charge in [-0.15, -0.1) is 0 Å². The highest BCUT2D eigenvalue weighted by Crippen LogP contribution is 2.15. The van der Waals surface area contributed by atoms with Crippen molar-refractivity contribution in [2.75, 3.05) is 23.4 Å². The first kappa shape index (κ1) is 13.4. The molecule has 0 fully saturated rings. The van der Waals surface area contributed by atoms with Crippen molar-refractivity contribution in [2.45, 2.75) is 6.42 Å². The molecular weight excluding hydrogens is 244 g/mol. The fraction of sp³-hybridized carbons (Fsp3) is 0.364. The molecule has 3 nitrogen and oxygen atoms in total. The van der Waals surface area contributed by atoms with Crippen LogP contribution in [0.15, 0.2) is 24.3 Å². The summed E-state index contributed by atoms with van der Waals surface area (Å²) < 4.78 is 0. The summed E-state index contributed by atoms with van der Waals surface area (Å²) in [6, 6.07) is 7.12. The smallest absolute Gasteiger partial charge is 0.234 e. The molecule has 0 spiro atoms. The zero-order valence-corrected chi connectivity index (χ0v) is 10.5. The SMILES string of the molecule is NCCCSCC(=O)Nc1cccc(Cl)c1. The molecule has 0 aliphatic rings. The predicted octanol–water partition coefficient (Wildman–Crippen LogP) is 2.36. The molecule has 1 aromatic rings. The van der Waals surface area contributed by atoms with Gasteiger partial charge < -0.3 is 11.1 Å². The Hall–Kier alpha value is -0.710. The molecule has 1 rings (SSSR count). The van der Waals surface area contributed by atoms with Gasteiger partial charge in [0.25, 0.3) is 0 Å². The van der Waals surface area contributed by atoms with Crippen molar-refractivity contribution in [1.82, 2.24) is 0 Å². The number of benzene rings is 1. The minimum atomic E-state index is -0.00992. The Labute approximate surface area is 105 Å². The van der Waals surface area contributed by atoms with E-state index >= 15 is 0 Å². The summed E-state index contributed by atoms with van der Waals surface area (Å²) in [7, 11) is 0. The second kappa shape index (κ2) is 7.54. The Bertz CT molecular complexity index is 347. The molecule has 0 unspecified atom stereocenters. The number of anilines is 1. The lowest BCUT2D eigenvalue weighted by atomic mass is 10.3. The summed E-state index contributed by atoms with van der Waals surface area (Å²) >= 11 is 7.39. The van der Waals surface area contributed by atoms with Crippen LogP contribution in [0.3, 0.4) is 0 Å². The minimum absolute atomic E-state index is 0.00992. The maximum Gasteiger partial charge on any atom is 0.234 e. The standard InChI is InChI=1S/C11H15ClN2OS/c12-9-3-1-4-10(7-9)14-11(15)8-16-6-2-5-13/h1,3-4,7H,2,5-6,8,13H2,(H,14,15). The molecule has 16 heavy (non-hydrogen) atoms. The van der Waals surface area contributed by atoms with Gasteiger partial charge in [0.1, 0.15) is 0 Å². The summed E-state index contributed by atoms with van der Waals surface area (Å²) in [6.07, 6.45) is 0.940. The van der Waals surface area contributed by atoms with E-state index in [1.54, 1.807) is 30.0 Å². The van der Waals surface area contributed by atoms with Gasteiger partial charge in [0.15, 0.2) is 0 Å². The molecule has 1 amide bonds. The molecule has 0 bridgehead atoms. The number of thioether (sulfide) groups is 1. The van der Waals surface area contributed by atoms with Crippen LogP contribution in [0.4, 0.5) is 5.69 Å². The van der Waals surface area contributed by atoms with Gasteiger partial charge in [0, 0.05) is 10.7 Å². The van der Waals surface area contributed by atoms with Crippen LogP contribution < -0.4 is 11.1 Å². The number of amides is 1. The molecule has 0 saturated heterocycles. The Morgan fingerprint density at radius 2 is 2.31 bits per heavy atom. The second-order valence-electron chi connectivity index (χ2n) is 3.25. The lowest BCUT2D eigenvalue weighted by Crippen LogP contribution is -2.14. The Morgan fingerprint density at radius 1 is 1.50 bits per heavy atom.